The van der Waals surface area contributed by atoms with E-state index in [4.69, 9.17) is 5.73 Å². The first-order valence-corrected chi connectivity index (χ1v) is 7.74. The van der Waals surface area contributed by atoms with E-state index in [1.165, 1.54) is 11.3 Å². The van der Waals surface area contributed by atoms with Crippen LogP contribution in [0.25, 0.3) is 0 Å². The first-order chi connectivity index (χ1) is 9.47. The predicted octanol–water partition coefficient (Wildman–Crippen LogP) is 1.50. The van der Waals surface area contributed by atoms with Crippen molar-refractivity contribution in [1.82, 2.24) is 10.6 Å². The lowest BCUT2D eigenvalue weighted by Crippen LogP contribution is -2.51. The Balaban J connectivity index is 2.16. The van der Waals surface area contributed by atoms with E-state index in [0.29, 0.717) is 30.8 Å². The van der Waals surface area contributed by atoms with Crippen molar-refractivity contribution < 1.29 is 9.59 Å². The van der Waals surface area contributed by atoms with Crippen molar-refractivity contribution in [2.24, 2.45) is 5.73 Å². The fourth-order valence-corrected chi connectivity index (χ4v) is 2.46. The zero-order valence-electron chi connectivity index (χ0n) is 12.1. The van der Waals surface area contributed by atoms with Gasteiger partial charge in [-0.25, -0.2) is 0 Å². The van der Waals surface area contributed by atoms with Crippen LogP contribution in [0.5, 0.6) is 0 Å². The number of nitrogens with two attached hydrogens (primary N) is 1. The van der Waals surface area contributed by atoms with Crippen LogP contribution in [0.1, 0.15) is 42.8 Å². The standard InChI is InChI=1S/C14H23N3O2S/c1-3-7-14(2,15)13(19)17-9-5-8-16-12(18)11-6-4-10-20-11/h4,6,10H,3,5,7-9,15H2,1-2H3,(H,16,18)(H,17,19). The molecule has 5 nitrogen and oxygen atoms in total. The SMILES string of the molecule is CCCC(C)(N)C(=O)NCCCNC(=O)c1cccs1. The third kappa shape index (κ3) is 5.30. The third-order valence-corrected chi connectivity index (χ3v) is 3.83. The molecule has 0 fully saturated rings. The van der Waals surface area contributed by atoms with Gasteiger partial charge in [-0.3, -0.25) is 9.59 Å². The molecule has 4 N–H and O–H groups in total. The number of hydrogen-bond acceptors (Lipinski definition) is 4. The molecule has 1 aromatic heterocycles. The van der Waals surface area contributed by atoms with Gasteiger partial charge in [0.2, 0.25) is 5.91 Å². The first-order valence-electron chi connectivity index (χ1n) is 6.86. The fourth-order valence-electron chi connectivity index (χ4n) is 1.82. The van der Waals surface area contributed by atoms with Crippen LogP contribution in [0.15, 0.2) is 17.5 Å². The summed E-state index contributed by atoms with van der Waals surface area (Å²) >= 11 is 1.41. The molecule has 20 heavy (non-hydrogen) atoms. The average molecular weight is 297 g/mol. The molecule has 112 valence electrons. The summed E-state index contributed by atoms with van der Waals surface area (Å²) in [5.74, 6) is -0.204. The van der Waals surface area contributed by atoms with Crippen molar-refractivity contribution in [3.63, 3.8) is 0 Å². The van der Waals surface area contributed by atoms with Crippen molar-refractivity contribution in [2.45, 2.75) is 38.6 Å². The van der Waals surface area contributed by atoms with Crippen molar-refractivity contribution in [3.05, 3.63) is 22.4 Å². The number of carbonyl (C=O) groups is 2. The molecule has 0 aliphatic rings. The van der Waals surface area contributed by atoms with Crippen molar-refractivity contribution in [3.8, 4) is 0 Å². The highest BCUT2D eigenvalue weighted by Gasteiger charge is 2.26. The molecule has 0 radical (unpaired) electrons. The van der Waals surface area contributed by atoms with E-state index >= 15 is 0 Å². The summed E-state index contributed by atoms with van der Waals surface area (Å²) < 4.78 is 0. The normalized spacial score (nSPS) is 13.6. The number of thiophene rings is 1. The van der Waals surface area contributed by atoms with Gasteiger partial charge in [-0.05, 0) is 31.2 Å². The minimum absolute atomic E-state index is 0.0685. The zero-order chi connectivity index (χ0) is 15.0. The number of nitrogens with one attached hydrogen (secondary N) is 2. The van der Waals surface area contributed by atoms with Gasteiger partial charge in [-0.15, -0.1) is 11.3 Å². The highest BCUT2D eigenvalue weighted by atomic mass is 32.1. The molecule has 0 aliphatic heterocycles. The van der Waals surface area contributed by atoms with E-state index in [1.54, 1.807) is 13.0 Å². The van der Waals surface area contributed by atoms with Gasteiger partial charge in [0.05, 0.1) is 10.4 Å². The molecular weight excluding hydrogens is 274 g/mol. The fraction of sp³-hybridized carbons (Fsp3) is 0.571. The minimum atomic E-state index is -0.811. The Labute approximate surface area is 123 Å². The van der Waals surface area contributed by atoms with Gasteiger partial charge >= 0.3 is 0 Å². The van der Waals surface area contributed by atoms with Gasteiger partial charge in [0, 0.05) is 13.1 Å². The Morgan fingerprint density at radius 3 is 2.65 bits per heavy atom. The maximum atomic E-state index is 11.8. The van der Waals surface area contributed by atoms with Gasteiger partial charge in [0.15, 0.2) is 0 Å². The lowest BCUT2D eigenvalue weighted by atomic mass is 9.96. The molecule has 1 heterocycles. The third-order valence-electron chi connectivity index (χ3n) is 2.96. The number of carbonyl (C=O) groups excluding carboxylic acids is 2. The maximum absolute atomic E-state index is 11.8. The summed E-state index contributed by atoms with van der Waals surface area (Å²) in [5.41, 5.74) is 5.11. The Hall–Kier alpha value is -1.40. The van der Waals surface area contributed by atoms with Gasteiger partial charge in [0.1, 0.15) is 0 Å². The van der Waals surface area contributed by atoms with Crippen LogP contribution < -0.4 is 16.4 Å². The molecule has 0 saturated carbocycles. The maximum Gasteiger partial charge on any atom is 0.261 e. The van der Waals surface area contributed by atoms with Crippen LogP contribution in [0, 0.1) is 0 Å². The number of rotatable bonds is 8. The summed E-state index contributed by atoms with van der Waals surface area (Å²) in [6.07, 6.45) is 2.22. The zero-order valence-corrected chi connectivity index (χ0v) is 12.9. The van der Waals surface area contributed by atoms with E-state index < -0.39 is 5.54 Å². The second kappa shape index (κ2) is 8.01. The molecule has 1 atom stereocenters. The highest BCUT2D eigenvalue weighted by molar-refractivity contribution is 7.12. The topological polar surface area (TPSA) is 84.2 Å². The summed E-state index contributed by atoms with van der Waals surface area (Å²) in [6, 6.07) is 3.63. The van der Waals surface area contributed by atoms with E-state index in [2.05, 4.69) is 10.6 Å². The van der Waals surface area contributed by atoms with E-state index in [-0.39, 0.29) is 11.8 Å². The Morgan fingerprint density at radius 2 is 2.05 bits per heavy atom. The summed E-state index contributed by atoms with van der Waals surface area (Å²) in [4.78, 5) is 24.2. The number of amides is 2. The summed E-state index contributed by atoms with van der Waals surface area (Å²) in [6.45, 7) is 4.79. The van der Waals surface area contributed by atoms with E-state index in [9.17, 15) is 9.59 Å². The van der Waals surface area contributed by atoms with Gasteiger partial charge < -0.3 is 16.4 Å². The lowest BCUT2D eigenvalue weighted by Gasteiger charge is -2.22. The molecule has 6 heteroatoms. The highest BCUT2D eigenvalue weighted by Crippen LogP contribution is 2.08. The molecule has 1 aromatic rings. The molecule has 1 rings (SSSR count). The van der Waals surface area contributed by atoms with Crippen LogP contribution >= 0.6 is 11.3 Å². The Kier molecular flexibility index (Phi) is 6.67. The monoisotopic (exact) mass is 297 g/mol. The molecule has 0 aliphatic carbocycles. The molecule has 0 aromatic carbocycles. The molecule has 0 saturated heterocycles. The van der Waals surface area contributed by atoms with Crippen molar-refractivity contribution in [2.75, 3.05) is 13.1 Å². The summed E-state index contributed by atoms with van der Waals surface area (Å²) in [5, 5.41) is 7.48. The second-order valence-electron chi connectivity index (χ2n) is 5.01. The predicted molar refractivity (Wildman–Crippen MR) is 81.8 cm³/mol. The number of hydrogen-bond donors (Lipinski definition) is 3. The van der Waals surface area contributed by atoms with Gasteiger partial charge in [0.25, 0.3) is 5.91 Å². The summed E-state index contributed by atoms with van der Waals surface area (Å²) in [7, 11) is 0. The van der Waals surface area contributed by atoms with Crippen molar-refractivity contribution >= 4 is 23.2 Å². The van der Waals surface area contributed by atoms with Gasteiger partial charge in [-0.1, -0.05) is 19.4 Å². The lowest BCUT2D eigenvalue weighted by molar-refractivity contribution is -0.126. The first kappa shape index (κ1) is 16.7. The van der Waals surface area contributed by atoms with Crippen LogP contribution in [-0.2, 0) is 4.79 Å². The van der Waals surface area contributed by atoms with Crippen LogP contribution in [0.4, 0.5) is 0 Å². The average Bonchev–Trinajstić information content (AvgIpc) is 2.91. The molecule has 0 spiro atoms. The quantitative estimate of drug-likeness (QED) is 0.636. The van der Waals surface area contributed by atoms with E-state index in [1.807, 2.05) is 18.4 Å². The second-order valence-corrected chi connectivity index (χ2v) is 5.96. The van der Waals surface area contributed by atoms with E-state index in [0.717, 1.165) is 6.42 Å². The minimum Gasteiger partial charge on any atom is -0.354 e. The molecule has 1 unspecified atom stereocenters. The van der Waals surface area contributed by atoms with Crippen LogP contribution in [-0.4, -0.2) is 30.4 Å². The molecular formula is C14H23N3O2S. The smallest absolute Gasteiger partial charge is 0.261 e. The van der Waals surface area contributed by atoms with Crippen LogP contribution in [0.2, 0.25) is 0 Å². The molecule has 2 amide bonds. The molecule has 0 bridgehead atoms. The van der Waals surface area contributed by atoms with Crippen molar-refractivity contribution in [1.29, 1.82) is 0 Å². The van der Waals surface area contributed by atoms with Gasteiger partial charge in [-0.2, -0.15) is 0 Å². The Morgan fingerprint density at radius 1 is 1.35 bits per heavy atom. The van der Waals surface area contributed by atoms with Crippen LogP contribution in [0.3, 0.4) is 0 Å². The largest absolute Gasteiger partial charge is 0.354 e. The Bertz CT molecular complexity index is 430.